The van der Waals surface area contributed by atoms with Crippen LogP contribution >= 0.6 is 0 Å². The molecule has 0 amide bonds. The third-order valence-corrected chi connectivity index (χ3v) is 17.5. The van der Waals surface area contributed by atoms with Gasteiger partial charge in [-0.3, -0.25) is 9.59 Å². The monoisotopic (exact) mass is 1200 g/mol. The summed E-state index contributed by atoms with van der Waals surface area (Å²) in [5.41, 5.74) is 0. The molecule has 504 valence electrons. The quantitative estimate of drug-likeness (QED) is 0.0195. The molecule has 0 saturated heterocycles. The number of carboxylic acid groups (broad SMARTS) is 1. The number of unbranched alkanes of at least 4 members (excludes halogenated alkanes) is 55. The third-order valence-electron chi connectivity index (χ3n) is 17.5. The predicted octanol–water partition coefficient (Wildman–Crippen LogP) is 22.3. The molecule has 0 bridgehead atoms. The molecule has 0 N–H and O–H groups in total. The van der Waals surface area contributed by atoms with Gasteiger partial charge in [-0.25, -0.2) is 0 Å². The minimum absolute atomic E-state index is 0.153. The zero-order chi connectivity index (χ0) is 61.9. The molecule has 0 rings (SSSR count). The maximum atomic E-state index is 12.9. The summed E-state index contributed by atoms with van der Waals surface area (Å²) in [7, 11) is 5.95. The zero-order valence-corrected chi connectivity index (χ0v) is 57.8. The number of aliphatic carboxylic acids is 1. The van der Waals surface area contributed by atoms with Crippen molar-refractivity contribution >= 4 is 17.9 Å². The minimum atomic E-state index is -1.62. The van der Waals surface area contributed by atoms with Crippen LogP contribution < -0.4 is 5.11 Å². The second kappa shape index (κ2) is 68.0. The smallest absolute Gasteiger partial charge is 0.306 e. The number of hydrogen-bond donors (Lipinski definition) is 0. The van der Waals surface area contributed by atoms with E-state index in [1.807, 2.05) is 21.1 Å². The highest BCUT2D eigenvalue weighted by molar-refractivity contribution is 5.70. The lowest BCUT2D eigenvalue weighted by Crippen LogP contribution is -2.44. The number of quaternary nitrogens is 1. The fourth-order valence-electron chi connectivity index (χ4n) is 11.7. The zero-order valence-electron chi connectivity index (χ0n) is 57.8. The van der Waals surface area contributed by atoms with Crippen LogP contribution in [-0.4, -0.2) is 82.3 Å². The number of esters is 2. The SMILES string of the molecule is CCCCCCCCCC/C=C\CCCCCCCCCCCCCCCCCCCC(=O)OC(COC(=O)CCCCCCCCCCCCCCCCCCCCCCCCCCCCCCCCC)COC(OCC[N+](C)(C)C)C(=O)[O-]. The number of carbonyl (C=O) groups is 3. The number of carboxylic acids is 1. The molecule has 0 aliphatic rings. The molecule has 0 aliphatic heterocycles. The first kappa shape index (κ1) is 83.0. The van der Waals surface area contributed by atoms with Gasteiger partial charge < -0.3 is 33.3 Å². The van der Waals surface area contributed by atoms with E-state index in [0.29, 0.717) is 17.4 Å². The van der Waals surface area contributed by atoms with Crippen LogP contribution in [0.3, 0.4) is 0 Å². The van der Waals surface area contributed by atoms with Gasteiger partial charge in [0.2, 0.25) is 0 Å². The first-order chi connectivity index (χ1) is 41.6. The lowest BCUT2D eigenvalue weighted by molar-refractivity contribution is -0.870. The van der Waals surface area contributed by atoms with E-state index in [-0.39, 0.29) is 32.2 Å². The molecule has 9 nitrogen and oxygen atoms in total. The number of rotatable bonds is 72. The lowest BCUT2D eigenvalue weighted by Gasteiger charge is -2.26. The molecule has 0 heterocycles. The van der Waals surface area contributed by atoms with E-state index in [0.717, 1.165) is 38.5 Å². The maximum Gasteiger partial charge on any atom is 0.306 e. The Morgan fingerprint density at radius 3 is 0.871 bits per heavy atom. The van der Waals surface area contributed by atoms with E-state index in [1.165, 1.54) is 334 Å². The van der Waals surface area contributed by atoms with E-state index >= 15 is 0 Å². The van der Waals surface area contributed by atoms with Crippen molar-refractivity contribution in [3.63, 3.8) is 0 Å². The maximum absolute atomic E-state index is 12.9. The summed E-state index contributed by atoms with van der Waals surface area (Å²) in [6, 6.07) is 0. The van der Waals surface area contributed by atoms with Crippen molar-refractivity contribution in [2.45, 2.75) is 411 Å². The highest BCUT2D eigenvalue weighted by Crippen LogP contribution is 2.20. The fraction of sp³-hybridized carbons (Fsp3) is 0.934. The topological polar surface area (TPSA) is 111 Å². The summed E-state index contributed by atoms with van der Waals surface area (Å²) < 4.78 is 22.9. The first-order valence-electron chi connectivity index (χ1n) is 37.8. The lowest BCUT2D eigenvalue weighted by atomic mass is 10.0. The minimum Gasteiger partial charge on any atom is -0.545 e. The van der Waals surface area contributed by atoms with E-state index < -0.39 is 24.3 Å². The molecule has 9 heteroatoms. The highest BCUT2D eigenvalue weighted by Gasteiger charge is 2.22. The Kier molecular flexibility index (Phi) is 66.4. The van der Waals surface area contributed by atoms with Gasteiger partial charge in [0.1, 0.15) is 13.2 Å². The number of hydrogen-bond acceptors (Lipinski definition) is 8. The van der Waals surface area contributed by atoms with Crippen LogP contribution in [0.4, 0.5) is 0 Å². The van der Waals surface area contributed by atoms with Crippen molar-refractivity contribution in [3.8, 4) is 0 Å². The second-order valence-corrected chi connectivity index (χ2v) is 27.3. The molecule has 0 spiro atoms. The standard InChI is InChI=1S/C76H147NO8/c1-6-8-10-12-14-16-18-20-22-24-26-28-30-32-34-36-37-39-40-42-44-46-48-50-52-54-56-58-60-62-64-66-73(78)83-70-72(71-84-76(75(80)81)82-69-68-77(3,4)5)85-74(79)67-65-63-61-59-57-55-53-51-49-47-45-43-41-38-35-33-31-29-27-25-23-21-19-17-15-13-11-9-7-2/h25,27,72,76H,6-24,26,28-71H2,1-5H3/b27-25-. The Morgan fingerprint density at radius 2 is 0.600 bits per heavy atom. The summed E-state index contributed by atoms with van der Waals surface area (Å²) >= 11 is 0. The van der Waals surface area contributed by atoms with Gasteiger partial charge in [0, 0.05) is 12.8 Å². The Balaban J connectivity index is 4.00. The predicted molar refractivity (Wildman–Crippen MR) is 362 cm³/mol. The number of allylic oxidation sites excluding steroid dienone is 2. The van der Waals surface area contributed by atoms with E-state index in [1.54, 1.807) is 0 Å². The van der Waals surface area contributed by atoms with Gasteiger partial charge in [-0.1, -0.05) is 360 Å². The van der Waals surface area contributed by atoms with E-state index in [9.17, 15) is 19.5 Å². The van der Waals surface area contributed by atoms with Gasteiger partial charge in [-0.2, -0.15) is 0 Å². The Labute approximate surface area is 529 Å². The number of carbonyl (C=O) groups excluding carboxylic acids is 3. The van der Waals surface area contributed by atoms with Crippen molar-refractivity contribution < 1.29 is 42.9 Å². The van der Waals surface area contributed by atoms with E-state index in [4.69, 9.17) is 18.9 Å². The van der Waals surface area contributed by atoms with Gasteiger partial charge in [-0.05, 0) is 38.5 Å². The number of nitrogens with zero attached hydrogens (tertiary/aromatic N) is 1. The molecular weight excluding hydrogens is 1050 g/mol. The van der Waals surface area contributed by atoms with Crippen molar-refractivity contribution in [2.24, 2.45) is 0 Å². The van der Waals surface area contributed by atoms with Gasteiger partial charge >= 0.3 is 11.9 Å². The number of ether oxygens (including phenoxy) is 4. The summed E-state index contributed by atoms with van der Waals surface area (Å²) in [5, 5.41) is 11.8. The number of likely N-dealkylation sites (N-methyl/N-ethyl adjacent to an activating group) is 1. The van der Waals surface area contributed by atoms with Crippen molar-refractivity contribution in [1.82, 2.24) is 0 Å². The normalized spacial score (nSPS) is 12.6. The van der Waals surface area contributed by atoms with Gasteiger partial charge in [-0.15, -0.1) is 0 Å². The van der Waals surface area contributed by atoms with Gasteiger partial charge in [0.25, 0.3) is 0 Å². The van der Waals surface area contributed by atoms with Crippen LogP contribution in [0.15, 0.2) is 12.2 Å². The fourth-order valence-corrected chi connectivity index (χ4v) is 11.7. The molecule has 0 saturated carbocycles. The van der Waals surface area contributed by atoms with Crippen LogP contribution in [0, 0.1) is 0 Å². The molecule has 2 unspecified atom stereocenters. The van der Waals surface area contributed by atoms with Crippen LogP contribution in [-0.2, 0) is 33.3 Å². The summed E-state index contributed by atoms with van der Waals surface area (Å²) in [5.74, 6) is -2.24. The Bertz CT molecular complexity index is 1400. The van der Waals surface area contributed by atoms with Crippen LogP contribution in [0.5, 0.6) is 0 Å². The average molecular weight is 1200 g/mol. The summed E-state index contributed by atoms with van der Waals surface area (Å²) in [6.07, 6.45) is 80.4. The summed E-state index contributed by atoms with van der Waals surface area (Å²) in [4.78, 5) is 37.5. The molecular formula is C76H147NO8. The molecule has 0 fully saturated rings. The van der Waals surface area contributed by atoms with Gasteiger partial charge in [0.05, 0.1) is 40.3 Å². The van der Waals surface area contributed by atoms with Crippen LogP contribution in [0.25, 0.3) is 0 Å². The second-order valence-electron chi connectivity index (χ2n) is 27.3. The largest absolute Gasteiger partial charge is 0.545 e. The average Bonchev–Trinajstić information content (AvgIpc) is 3.48. The summed E-state index contributed by atoms with van der Waals surface area (Å²) in [6.45, 7) is 4.84. The molecule has 2 atom stereocenters. The molecule has 0 aromatic heterocycles. The first-order valence-corrected chi connectivity index (χ1v) is 37.8. The molecule has 0 aliphatic carbocycles. The van der Waals surface area contributed by atoms with Crippen LogP contribution in [0.1, 0.15) is 399 Å². The molecule has 0 aromatic carbocycles. The van der Waals surface area contributed by atoms with Crippen molar-refractivity contribution in [1.29, 1.82) is 0 Å². The van der Waals surface area contributed by atoms with Crippen LogP contribution in [0.2, 0.25) is 0 Å². The Hall–Kier alpha value is -1.97. The Morgan fingerprint density at radius 1 is 0.341 bits per heavy atom. The third kappa shape index (κ3) is 69.4. The molecule has 0 radical (unpaired) electrons. The molecule has 85 heavy (non-hydrogen) atoms. The van der Waals surface area contributed by atoms with Gasteiger partial charge in [0.15, 0.2) is 12.4 Å². The van der Waals surface area contributed by atoms with Crippen molar-refractivity contribution in [3.05, 3.63) is 12.2 Å². The van der Waals surface area contributed by atoms with Crippen molar-refractivity contribution in [2.75, 3.05) is 47.5 Å². The highest BCUT2D eigenvalue weighted by atomic mass is 16.7. The van der Waals surface area contributed by atoms with E-state index in [2.05, 4.69) is 26.0 Å². The molecule has 0 aromatic rings.